The summed E-state index contributed by atoms with van der Waals surface area (Å²) in [7, 11) is 1.55. The maximum absolute atomic E-state index is 12.3. The average molecular weight is 401 g/mol. The number of fused-ring (bicyclic) bond motifs is 1. The fourth-order valence-electron chi connectivity index (χ4n) is 2.76. The van der Waals surface area contributed by atoms with Gasteiger partial charge in [0.05, 0.1) is 19.3 Å². The highest BCUT2D eigenvalue weighted by Crippen LogP contribution is 2.32. The van der Waals surface area contributed by atoms with Crippen LogP contribution in [0.2, 0.25) is 0 Å². The monoisotopic (exact) mass is 401 g/mol. The van der Waals surface area contributed by atoms with Crippen LogP contribution in [0, 0.1) is 0 Å². The molecule has 0 spiro atoms. The van der Waals surface area contributed by atoms with Gasteiger partial charge in [0.15, 0.2) is 18.1 Å². The standard InChI is InChI=1S/C21H23NO7/c1-3-26-12-15-10-14(4-6-17(15)25-2)21(24)29-13-20(23)22-16-5-7-18-19(11-16)28-9-8-27-18/h4-7,10-11H,3,8-9,12-13H2,1-2H3,(H,22,23). The van der Waals surface area contributed by atoms with Crippen LogP contribution in [0.25, 0.3) is 0 Å². The third kappa shape index (κ3) is 5.39. The molecule has 1 aliphatic rings. The van der Waals surface area contributed by atoms with Gasteiger partial charge in [-0.1, -0.05) is 0 Å². The molecule has 2 aromatic rings. The Labute approximate surface area is 168 Å². The third-order valence-electron chi connectivity index (χ3n) is 4.14. The van der Waals surface area contributed by atoms with Crippen LogP contribution in [0.15, 0.2) is 36.4 Å². The van der Waals surface area contributed by atoms with Crippen molar-refractivity contribution >= 4 is 17.6 Å². The minimum Gasteiger partial charge on any atom is -0.496 e. The van der Waals surface area contributed by atoms with E-state index in [1.54, 1.807) is 43.5 Å². The summed E-state index contributed by atoms with van der Waals surface area (Å²) in [4.78, 5) is 24.4. The first-order valence-corrected chi connectivity index (χ1v) is 9.22. The second-order valence-electron chi connectivity index (χ2n) is 6.15. The number of rotatable bonds is 8. The van der Waals surface area contributed by atoms with E-state index in [4.69, 9.17) is 23.7 Å². The van der Waals surface area contributed by atoms with Crippen molar-refractivity contribution in [2.24, 2.45) is 0 Å². The first-order chi connectivity index (χ1) is 14.1. The molecule has 154 valence electrons. The fraction of sp³-hybridized carbons (Fsp3) is 0.333. The summed E-state index contributed by atoms with van der Waals surface area (Å²) in [5, 5.41) is 2.66. The van der Waals surface area contributed by atoms with Gasteiger partial charge in [-0.15, -0.1) is 0 Å². The zero-order valence-corrected chi connectivity index (χ0v) is 16.4. The normalized spacial score (nSPS) is 12.2. The number of carbonyl (C=O) groups excluding carboxylic acids is 2. The maximum atomic E-state index is 12.3. The van der Waals surface area contributed by atoms with Gasteiger partial charge in [0.25, 0.3) is 5.91 Å². The number of hydrogen-bond donors (Lipinski definition) is 1. The molecule has 0 radical (unpaired) electrons. The summed E-state index contributed by atoms with van der Waals surface area (Å²) in [6.45, 7) is 3.26. The molecular weight excluding hydrogens is 378 g/mol. The quantitative estimate of drug-likeness (QED) is 0.680. The maximum Gasteiger partial charge on any atom is 0.338 e. The van der Waals surface area contributed by atoms with Crippen LogP contribution in [0.1, 0.15) is 22.8 Å². The molecule has 1 N–H and O–H groups in total. The van der Waals surface area contributed by atoms with Crippen LogP contribution in [0.4, 0.5) is 5.69 Å². The topological polar surface area (TPSA) is 92.3 Å². The van der Waals surface area contributed by atoms with Crippen LogP contribution >= 0.6 is 0 Å². The summed E-state index contributed by atoms with van der Waals surface area (Å²) in [5.41, 5.74) is 1.57. The van der Waals surface area contributed by atoms with Crippen LogP contribution in [0.5, 0.6) is 17.2 Å². The third-order valence-corrected chi connectivity index (χ3v) is 4.14. The molecule has 0 saturated carbocycles. The van der Waals surface area contributed by atoms with Gasteiger partial charge in [0.1, 0.15) is 19.0 Å². The zero-order chi connectivity index (χ0) is 20.6. The van der Waals surface area contributed by atoms with Crippen molar-refractivity contribution in [3.63, 3.8) is 0 Å². The molecule has 0 atom stereocenters. The van der Waals surface area contributed by atoms with E-state index in [-0.39, 0.29) is 0 Å². The number of benzene rings is 2. The number of nitrogens with one attached hydrogen (secondary N) is 1. The molecule has 0 aromatic heterocycles. The molecule has 0 aliphatic carbocycles. The number of hydrogen-bond acceptors (Lipinski definition) is 7. The fourth-order valence-corrected chi connectivity index (χ4v) is 2.76. The van der Waals surface area contributed by atoms with Gasteiger partial charge < -0.3 is 29.0 Å². The molecule has 0 fully saturated rings. The molecule has 0 unspecified atom stereocenters. The number of carbonyl (C=O) groups is 2. The van der Waals surface area contributed by atoms with Crippen LogP contribution in [-0.4, -0.2) is 45.4 Å². The first kappa shape index (κ1) is 20.5. The zero-order valence-electron chi connectivity index (χ0n) is 16.4. The van der Waals surface area contributed by atoms with Crippen LogP contribution < -0.4 is 19.5 Å². The van der Waals surface area contributed by atoms with Gasteiger partial charge in [-0.2, -0.15) is 0 Å². The SMILES string of the molecule is CCOCc1cc(C(=O)OCC(=O)Nc2ccc3c(c2)OCCO3)ccc1OC. The smallest absolute Gasteiger partial charge is 0.338 e. The van der Waals surface area contributed by atoms with E-state index in [0.717, 1.165) is 5.56 Å². The summed E-state index contributed by atoms with van der Waals surface area (Å²) >= 11 is 0. The summed E-state index contributed by atoms with van der Waals surface area (Å²) < 4.78 is 26.7. The molecule has 1 heterocycles. The lowest BCUT2D eigenvalue weighted by Crippen LogP contribution is -2.21. The summed E-state index contributed by atoms with van der Waals surface area (Å²) in [6.07, 6.45) is 0. The Kier molecular flexibility index (Phi) is 6.91. The Morgan fingerprint density at radius 3 is 2.62 bits per heavy atom. The van der Waals surface area contributed by atoms with E-state index in [1.165, 1.54) is 0 Å². The highest BCUT2D eigenvalue weighted by atomic mass is 16.6. The van der Waals surface area contributed by atoms with Crippen LogP contribution in [-0.2, 0) is 20.9 Å². The van der Waals surface area contributed by atoms with Gasteiger partial charge in [-0.05, 0) is 37.3 Å². The van der Waals surface area contributed by atoms with Crippen LogP contribution in [0.3, 0.4) is 0 Å². The lowest BCUT2D eigenvalue weighted by Gasteiger charge is -2.19. The van der Waals surface area contributed by atoms with E-state index in [1.807, 2.05) is 6.92 Å². The van der Waals surface area contributed by atoms with Crippen molar-refractivity contribution in [3.8, 4) is 17.2 Å². The number of methoxy groups -OCH3 is 1. The highest BCUT2D eigenvalue weighted by molar-refractivity contribution is 5.95. The van der Waals surface area contributed by atoms with Gasteiger partial charge in [-0.25, -0.2) is 4.79 Å². The van der Waals surface area contributed by atoms with Gasteiger partial charge in [-0.3, -0.25) is 4.79 Å². The molecule has 8 nitrogen and oxygen atoms in total. The number of amides is 1. The van der Waals surface area contributed by atoms with Crippen molar-refractivity contribution in [1.82, 2.24) is 0 Å². The number of esters is 1. The molecule has 3 rings (SSSR count). The molecule has 1 amide bonds. The molecule has 0 saturated heterocycles. The second kappa shape index (κ2) is 9.79. The Bertz CT molecular complexity index is 881. The minimum absolute atomic E-state index is 0.311. The van der Waals surface area contributed by atoms with Crippen molar-refractivity contribution < 1.29 is 33.3 Å². The predicted octanol–water partition coefficient (Wildman–Crippen LogP) is 2.80. The van der Waals surface area contributed by atoms with E-state index in [9.17, 15) is 9.59 Å². The van der Waals surface area contributed by atoms with Crippen molar-refractivity contribution in [1.29, 1.82) is 0 Å². The molecule has 2 aromatic carbocycles. The predicted molar refractivity (Wildman–Crippen MR) is 105 cm³/mol. The largest absolute Gasteiger partial charge is 0.496 e. The van der Waals surface area contributed by atoms with Gasteiger partial charge in [0.2, 0.25) is 0 Å². The Balaban J connectivity index is 1.56. The van der Waals surface area contributed by atoms with Crippen molar-refractivity contribution in [3.05, 3.63) is 47.5 Å². The first-order valence-electron chi connectivity index (χ1n) is 9.22. The summed E-state index contributed by atoms with van der Waals surface area (Å²) in [6, 6.07) is 9.95. The number of anilines is 1. The Morgan fingerprint density at radius 2 is 1.86 bits per heavy atom. The van der Waals surface area contributed by atoms with Gasteiger partial charge >= 0.3 is 5.97 Å². The average Bonchev–Trinajstić information content (AvgIpc) is 2.75. The lowest BCUT2D eigenvalue weighted by atomic mass is 10.1. The minimum atomic E-state index is -0.609. The van der Waals surface area contributed by atoms with Crippen molar-refractivity contribution in [2.45, 2.75) is 13.5 Å². The second-order valence-corrected chi connectivity index (χ2v) is 6.15. The van der Waals surface area contributed by atoms with Gasteiger partial charge in [0, 0.05) is 23.9 Å². The van der Waals surface area contributed by atoms with E-state index >= 15 is 0 Å². The molecule has 8 heteroatoms. The highest BCUT2D eigenvalue weighted by Gasteiger charge is 2.15. The van der Waals surface area contributed by atoms with E-state index < -0.39 is 18.5 Å². The van der Waals surface area contributed by atoms with E-state index in [0.29, 0.717) is 54.9 Å². The lowest BCUT2D eigenvalue weighted by molar-refractivity contribution is -0.119. The molecule has 29 heavy (non-hydrogen) atoms. The molecule has 1 aliphatic heterocycles. The van der Waals surface area contributed by atoms with E-state index in [2.05, 4.69) is 5.32 Å². The summed E-state index contributed by atoms with van der Waals surface area (Å²) in [5.74, 6) is 0.737. The van der Waals surface area contributed by atoms with Crippen molar-refractivity contribution in [2.75, 3.05) is 38.9 Å². The Hall–Kier alpha value is -3.26. The molecular formula is C21H23NO7. The molecule has 0 bridgehead atoms. The Morgan fingerprint density at radius 1 is 1.07 bits per heavy atom. The number of ether oxygens (including phenoxy) is 5.